The van der Waals surface area contributed by atoms with Gasteiger partial charge in [-0.15, -0.1) is 11.6 Å². The van der Waals surface area contributed by atoms with Gasteiger partial charge in [0.05, 0.1) is 5.38 Å². The van der Waals surface area contributed by atoms with E-state index in [2.05, 4.69) is 5.32 Å². The summed E-state index contributed by atoms with van der Waals surface area (Å²) in [6, 6.07) is 6.89. The largest absolute Gasteiger partial charge is 0.326 e. The number of anilines is 1. The lowest BCUT2D eigenvalue weighted by atomic mass is 10.1. The minimum Gasteiger partial charge on any atom is -0.326 e. The van der Waals surface area contributed by atoms with Crippen molar-refractivity contribution in [2.75, 3.05) is 5.32 Å². The number of ketones is 1. The fourth-order valence-corrected chi connectivity index (χ4v) is 1.80. The maximum absolute atomic E-state index is 11.8. The third-order valence-electron chi connectivity index (χ3n) is 3.03. The number of carbonyl (C=O) groups excluding carboxylic acids is 2. The van der Waals surface area contributed by atoms with E-state index in [1.807, 2.05) is 6.92 Å². The molecule has 1 aromatic rings. The molecule has 0 aliphatic heterocycles. The highest BCUT2D eigenvalue weighted by Crippen LogP contribution is 2.30. The van der Waals surface area contributed by atoms with Gasteiger partial charge in [0.15, 0.2) is 5.78 Å². The van der Waals surface area contributed by atoms with Gasteiger partial charge in [-0.1, -0.05) is 6.92 Å². The first-order valence-electron chi connectivity index (χ1n) is 6.21. The first-order valence-corrected chi connectivity index (χ1v) is 6.64. The number of halogens is 1. The highest BCUT2D eigenvalue weighted by molar-refractivity contribution is 6.33. The van der Waals surface area contributed by atoms with Crippen LogP contribution in [-0.4, -0.2) is 17.1 Å². The van der Waals surface area contributed by atoms with Gasteiger partial charge in [0.25, 0.3) is 0 Å². The molecule has 18 heavy (non-hydrogen) atoms. The zero-order chi connectivity index (χ0) is 13.1. The van der Waals surface area contributed by atoms with Gasteiger partial charge in [-0.3, -0.25) is 9.59 Å². The third kappa shape index (κ3) is 3.10. The molecule has 0 spiro atoms. The Hall–Kier alpha value is -1.35. The standard InChI is InChI=1S/C14H16ClNO2/c1-2-12(15)13(17)9-5-7-11(8-6-9)16-14(18)10-3-4-10/h5-8,10,12H,2-4H2,1H3,(H,16,18). The molecule has 0 aromatic heterocycles. The fraction of sp³-hybridized carbons (Fsp3) is 0.429. The normalized spacial score (nSPS) is 16.1. The summed E-state index contributed by atoms with van der Waals surface area (Å²) in [7, 11) is 0. The number of hydrogen-bond donors (Lipinski definition) is 1. The molecule has 1 atom stereocenters. The molecule has 0 saturated heterocycles. The minimum absolute atomic E-state index is 0.0675. The van der Waals surface area contributed by atoms with Crippen molar-refractivity contribution < 1.29 is 9.59 Å². The molecule has 1 aliphatic rings. The van der Waals surface area contributed by atoms with Gasteiger partial charge in [0.2, 0.25) is 5.91 Å². The molecule has 0 heterocycles. The quantitative estimate of drug-likeness (QED) is 0.656. The van der Waals surface area contributed by atoms with Gasteiger partial charge in [0.1, 0.15) is 0 Å². The highest BCUT2D eigenvalue weighted by atomic mass is 35.5. The van der Waals surface area contributed by atoms with Crippen molar-refractivity contribution in [3.05, 3.63) is 29.8 Å². The number of benzene rings is 1. The SMILES string of the molecule is CCC(Cl)C(=O)c1ccc(NC(=O)C2CC2)cc1. The van der Waals surface area contributed by atoms with Gasteiger partial charge in [-0.05, 0) is 43.5 Å². The molecule has 1 fully saturated rings. The molecule has 4 heteroatoms. The smallest absolute Gasteiger partial charge is 0.227 e. The van der Waals surface area contributed by atoms with E-state index in [4.69, 9.17) is 11.6 Å². The topological polar surface area (TPSA) is 46.2 Å². The molecular weight excluding hydrogens is 250 g/mol. The summed E-state index contributed by atoms with van der Waals surface area (Å²) in [5.41, 5.74) is 1.31. The Morgan fingerprint density at radius 3 is 2.44 bits per heavy atom. The van der Waals surface area contributed by atoms with E-state index in [1.54, 1.807) is 24.3 Å². The number of Topliss-reactive ketones (excluding diaryl/α,β-unsaturated/α-hetero) is 1. The van der Waals surface area contributed by atoms with Gasteiger partial charge in [0, 0.05) is 17.2 Å². The first kappa shape index (κ1) is 13.1. The van der Waals surface area contributed by atoms with Crippen LogP contribution in [0.4, 0.5) is 5.69 Å². The van der Waals surface area contributed by atoms with E-state index in [-0.39, 0.29) is 17.6 Å². The number of amides is 1. The van der Waals surface area contributed by atoms with Crippen LogP contribution in [-0.2, 0) is 4.79 Å². The van der Waals surface area contributed by atoms with Crippen LogP contribution in [0.2, 0.25) is 0 Å². The van der Waals surface area contributed by atoms with Crippen LogP contribution in [0.15, 0.2) is 24.3 Å². The maximum atomic E-state index is 11.8. The van der Waals surface area contributed by atoms with Crippen LogP contribution in [0, 0.1) is 5.92 Å². The summed E-state index contributed by atoms with van der Waals surface area (Å²) in [4.78, 5) is 23.4. The van der Waals surface area contributed by atoms with Crippen molar-refractivity contribution in [3.63, 3.8) is 0 Å². The van der Waals surface area contributed by atoms with Crippen LogP contribution in [0.3, 0.4) is 0 Å². The second-order valence-electron chi connectivity index (χ2n) is 4.58. The predicted molar refractivity (Wildman–Crippen MR) is 72.1 cm³/mol. The molecular formula is C14H16ClNO2. The fourth-order valence-electron chi connectivity index (χ4n) is 1.67. The summed E-state index contributed by atoms with van der Waals surface area (Å²) >= 11 is 5.90. The van der Waals surface area contributed by atoms with E-state index < -0.39 is 5.38 Å². The molecule has 2 rings (SSSR count). The number of carbonyl (C=O) groups is 2. The second-order valence-corrected chi connectivity index (χ2v) is 5.11. The van der Waals surface area contributed by atoms with Crippen LogP contribution in [0.5, 0.6) is 0 Å². The third-order valence-corrected chi connectivity index (χ3v) is 3.53. The van der Waals surface area contributed by atoms with Gasteiger partial charge >= 0.3 is 0 Å². The number of alkyl halides is 1. The molecule has 1 amide bonds. The lowest BCUT2D eigenvalue weighted by Crippen LogP contribution is -2.15. The summed E-state index contributed by atoms with van der Waals surface area (Å²) in [5.74, 6) is 0.177. The van der Waals surface area contributed by atoms with Crippen molar-refractivity contribution in [2.45, 2.75) is 31.6 Å². The minimum atomic E-state index is -0.475. The Kier molecular flexibility index (Phi) is 4.02. The number of hydrogen-bond acceptors (Lipinski definition) is 2. The molecule has 0 bridgehead atoms. The number of rotatable bonds is 5. The molecule has 1 aliphatic carbocycles. The zero-order valence-electron chi connectivity index (χ0n) is 10.3. The van der Waals surface area contributed by atoms with Crippen molar-refractivity contribution in [2.24, 2.45) is 5.92 Å². The van der Waals surface area contributed by atoms with Crippen molar-refractivity contribution >= 4 is 29.0 Å². The molecule has 1 N–H and O–H groups in total. The van der Waals surface area contributed by atoms with E-state index in [0.29, 0.717) is 12.0 Å². The zero-order valence-corrected chi connectivity index (χ0v) is 11.0. The van der Waals surface area contributed by atoms with Crippen molar-refractivity contribution in [3.8, 4) is 0 Å². The molecule has 1 unspecified atom stereocenters. The summed E-state index contributed by atoms with van der Waals surface area (Å²) in [6.45, 7) is 1.87. The molecule has 1 aromatic carbocycles. The summed E-state index contributed by atoms with van der Waals surface area (Å²) in [6.07, 6.45) is 2.57. The van der Waals surface area contributed by atoms with Crippen molar-refractivity contribution in [1.29, 1.82) is 0 Å². The highest BCUT2D eigenvalue weighted by Gasteiger charge is 2.29. The lowest BCUT2D eigenvalue weighted by Gasteiger charge is -2.07. The summed E-state index contributed by atoms with van der Waals surface area (Å²) in [5, 5.41) is 2.35. The predicted octanol–water partition coefficient (Wildman–Crippen LogP) is 3.24. The molecule has 96 valence electrons. The van der Waals surface area contributed by atoms with Gasteiger partial charge in [-0.2, -0.15) is 0 Å². The summed E-state index contributed by atoms with van der Waals surface area (Å²) < 4.78 is 0. The van der Waals surface area contributed by atoms with Crippen molar-refractivity contribution in [1.82, 2.24) is 0 Å². The van der Waals surface area contributed by atoms with E-state index in [0.717, 1.165) is 18.5 Å². The second kappa shape index (κ2) is 5.53. The van der Waals surface area contributed by atoms with Crippen LogP contribution >= 0.6 is 11.6 Å². The first-order chi connectivity index (χ1) is 8.61. The average molecular weight is 266 g/mol. The Labute approximate surface area is 112 Å². The van der Waals surface area contributed by atoms with Crippen LogP contribution < -0.4 is 5.32 Å². The average Bonchev–Trinajstić information content (AvgIpc) is 3.22. The Morgan fingerprint density at radius 2 is 1.94 bits per heavy atom. The molecule has 1 saturated carbocycles. The monoisotopic (exact) mass is 265 g/mol. The lowest BCUT2D eigenvalue weighted by molar-refractivity contribution is -0.117. The van der Waals surface area contributed by atoms with E-state index >= 15 is 0 Å². The van der Waals surface area contributed by atoms with Gasteiger partial charge < -0.3 is 5.32 Å². The van der Waals surface area contributed by atoms with Crippen LogP contribution in [0.1, 0.15) is 36.5 Å². The number of nitrogens with one attached hydrogen (secondary N) is 1. The Bertz CT molecular complexity index is 451. The van der Waals surface area contributed by atoms with E-state index in [1.165, 1.54) is 0 Å². The Morgan fingerprint density at radius 1 is 1.33 bits per heavy atom. The molecule has 0 radical (unpaired) electrons. The Balaban J connectivity index is 2.00. The van der Waals surface area contributed by atoms with Crippen LogP contribution in [0.25, 0.3) is 0 Å². The van der Waals surface area contributed by atoms with E-state index in [9.17, 15) is 9.59 Å². The molecule has 3 nitrogen and oxygen atoms in total. The van der Waals surface area contributed by atoms with Gasteiger partial charge in [-0.25, -0.2) is 0 Å². The maximum Gasteiger partial charge on any atom is 0.227 e.